The molecule has 7 N–H and O–H groups in total. The third-order valence-corrected chi connectivity index (χ3v) is 4.43. The van der Waals surface area contributed by atoms with Crippen LogP contribution < -0.4 is 21.3 Å². The summed E-state index contributed by atoms with van der Waals surface area (Å²) in [6, 6.07) is -4.69. The Morgan fingerprint density at radius 1 is 1.00 bits per heavy atom. The second-order valence-corrected chi connectivity index (χ2v) is 7.12. The van der Waals surface area contributed by atoms with E-state index in [2.05, 4.69) is 16.0 Å². The molecule has 1 saturated heterocycles. The van der Waals surface area contributed by atoms with Crippen molar-refractivity contribution in [2.75, 3.05) is 13.2 Å². The number of carbonyl (C=O) groups excluding carboxylic acids is 3. The molecule has 3 amide bonds. The maximum atomic E-state index is 12.6. The highest BCUT2D eigenvalue weighted by Crippen LogP contribution is 2.08. The van der Waals surface area contributed by atoms with Crippen molar-refractivity contribution in [1.29, 1.82) is 0 Å². The molecule has 29 heavy (non-hydrogen) atoms. The van der Waals surface area contributed by atoms with Crippen molar-refractivity contribution >= 4 is 29.7 Å². The lowest BCUT2D eigenvalue weighted by molar-refractivity contribution is -0.144. The summed E-state index contributed by atoms with van der Waals surface area (Å²) in [5, 5.41) is 36.7. The van der Waals surface area contributed by atoms with Gasteiger partial charge in [0.05, 0.1) is 19.1 Å². The molecule has 0 aromatic carbocycles. The first kappa shape index (κ1) is 24.3. The molecule has 1 aliphatic heterocycles. The van der Waals surface area contributed by atoms with E-state index < -0.39 is 60.9 Å². The van der Waals surface area contributed by atoms with Crippen LogP contribution >= 0.6 is 0 Å². The van der Waals surface area contributed by atoms with Crippen LogP contribution in [0.5, 0.6) is 0 Å². The van der Waals surface area contributed by atoms with Gasteiger partial charge < -0.3 is 36.6 Å². The van der Waals surface area contributed by atoms with Crippen molar-refractivity contribution in [3.8, 4) is 0 Å². The molecule has 0 aromatic rings. The molecule has 0 aliphatic carbocycles. The van der Waals surface area contributed by atoms with Crippen LogP contribution in [-0.2, 0) is 24.0 Å². The first-order valence-corrected chi connectivity index (χ1v) is 9.26. The molecule has 1 fully saturated rings. The first-order chi connectivity index (χ1) is 13.6. The van der Waals surface area contributed by atoms with Gasteiger partial charge >= 0.3 is 11.9 Å². The Kier molecular flexibility index (Phi) is 9.48. The zero-order valence-electron chi connectivity index (χ0n) is 16.3. The minimum atomic E-state index is -1.65. The molecule has 0 bridgehead atoms. The molecule has 164 valence electrons. The smallest absolute Gasteiger partial charge is 0.328 e. The van der Waals surface area contributed by atoms with Crippen molar-refractivity contribution in [1.82, 2.24) is 21.3 Å². The highest BCUT2D eigenvalue weighted by atomic mass is 16.4. The highest BCUT2D eigenvalue weighted by molar-refractivity contribution is 5.95. The Bertz CT molecular complexity index is 633. The summed E-state index contributed by atoms with van der Waals surface area (Å²) in [7, 11) is 0. The number of carbonyl (C=O) groups is 5. The molecule has 12 nitrogen and oxygen atoms in total. The van der Waals surface area contributed by atoms with Crippen LogP contribution in [0.15, 0.2) is 0 Å². The standard InChI is InChI=1S/C17H28N4O8/c1-8(2)13(21-14(25)9-4-3-5-18-9)16(27)19-10(6-12(23)24)15(26)20-11(7-22)17(28)29/h8-11,13,18,22H,3-7H2,1-2H3,(H,19,27)(H,20,26)(H,21,25)(H,23,24)(H,28,29). The molecule has 0 aromatic heterocycles. The van der Waals surface area contributed by atoms with E-state index in [9.17, 15) is 24.0 Å². The van der Waals surface area contributed by atoms with Crippen molar-refractivity contribution in [3.05, 3.63) is 0 Å². The number of aliphatic hydroxyl groups excluding tert-OH is 1. The van der Waals surface area contributed by atoms with Gasteiger partial charge in [0, 0.05) is 0 Å². The Morgan fingerprint density at radius 2 is 1.62 bits per heavy atom. The molecule has 12 heteroatoms. The van der Waals surface area contributed by atoms with E-state index in [1.165, 1.54) is 0 Å². The van der Waals surface area contributed by atoms with E-state index in [-0.39, 0.29) is 11.8 Å². The van der Waals surface area contributed by atoms with E-state index in [4.69, 9.17) is 15.3 Å². The number of carboxylic acids is 2. The normalized spacial score (nSPS) is 19.1. The van der Waals surface area contributed by atoms with Gasteiger partial charge in [-0.25, -0.2) is 4.79 Å². The number of carboxylic acid groups (broad SMARTS) is 2. The average molecular weight is 416 g/mol. The van der Waals surface area contributed by atoms with Crippen molar-refractivity contribution < 1.29 is 39.3 Å². The zero-order chi connectivity index (χ0) is 22.1. The fourth-order valence-corrected chi connectivity index (χ4v) is 2.80. The van der Waals surface area contributed by atoms with Crippen LogP contribution in [-0.4, -0.2) is 82.3 Å². The number of aliphatic carboxylic acids is 2. The van der Waals surface area contributed by atoms with Crippen LogP contribution in [0.2, 0.25) is 0 Å². The molecular formula is C17H28N4O8. The third kappa shape index (κ3) is 7.66. The summed E-state index contributed by atoms with van der Waals surface area (Å²) in [6.45, 7) is 3.12. The largest absolute Gasteiger partial charge is 0.481 e. The number of hydrogen-bond acceptors (Lipinski definition) is 7. The van der Waals surface area contributed by atoms with E-state index in [1.54, 1.807) is 13.8 Å². The molecule has 1 aliphatic rings. The first-order valence-electron chi connectivity index (χ1n) is 9.26. The van der Waals surface area contributed by atoms with Gasteiger partial charge in [0.1, 0.15) is 18.1 Å². The van der Waals surface area contributed by atoms with Gasteiger partial charge in [-0.1, -0.05) is 13.8 Å². The summed E-state index contributed by atoms with van der Waals surface area (Å²) in [4.78, 5) is 59.2. The van der Waals surface area contributed by atoms with Gasteiger partial charge in [-0.15, -0.1) is 0 Å². The topological polar surface area (TPSA) is 194 Å². The minimum Gasteiger partial charge on any atom is -0.481 e. The molecule has 1 rings (SSSR count). The van der Waals surface area contributed by atoms with Gasteiger partial charge in [-0.2, -0.15) is 0 Å². The highest BCUT2D eigenvalue weighted by Gasteiger charge is 2.33. The molecule has 0 saturated carbocycles. The maximum absolute atomic E-state index is 12.6. The van der Waals surface area contributed by atoms with Gasteiger partial charge in [-0.3, -0.25) is 19.2 Å². The van der Waals surface area contributed by atoms with Crippen molar-refractivity contribution in [2.24, 2.45) is 5.92 Å². The number of nitrogens with one attached hydrogen (secondary N) is 4. The van der Waals surface area contributed by atoms with E-state index >= 15 is 0 Å². The monoisotopic (exact) mass is 416 g/mol. The Morgan fingerprint density at radius 3 is 2.07 bits per heavy atom. The zero-order valence-corrected chi connectivity index (χ0v) is 16.3. The van der Waals surface area contributed by atoms with Crippen LogP contribution in [0.1, 0.15) is 33.1 Å². The number of aliphatic hydroxyl groups is 1. The van der Waals surface area contributed by atoms with Gasteiger partial charge in [0.25, 0.3) is 0 Å². The SMILES string of the molecule is CC(C)C(NC(=O)C1CCCN1)C(=O)NC(CC(=O)O)C(=O)NC(CO)C(=O)O. The lowest BCUT2D eigenvalue weighted by atomic mass is 10.0. The summed E-state index contributed by atoms with van der Waals surface area (Å²) in [6.07, 6.45) is 0.644. The third-order valence-electron chi connectivity index (χ3n) is 4.43. The Hall–Kier alpha value is -2.73. The number of amides is 3. The van der Waals surface area contributed by atoms with Crippen molar-refractivity contribution in [2.45, 2.75) is 57.3 Å². The molecule has 4 atom stereocenters. The van der Waals surface area contributed by atoms with Crippen molar-refractivity contribution in [3.63, 3.8) is 0 Å². The molecule has 0 spiro atoms. The van der Waals surface area contributed by atoms with Crippen LogP contribution in [0, 0.1) is 5.92 Å². The molecule has 4 unspecified atom stereocenters. The van der Waals surface area contributed by atoms with E-state index in [0.717, 1.165) is 6.42 Å². The number of rotatable bonds is 11. The maximum Gasteiger partial charge on any atom is 0.328 e. The molecule has 1 heterocycles. The summed E-state index contributed by atoms with van der Waals surface area (Å²) >= 11 is 0. The average Bonchev–Trinajstić information content (AvgIpc) is 3.16. The van der Waals surface area contributed by atoms with Crippen LogP contribution in [0.4, 0.5) is 0 Å². The lowest BCUT2D eigenvalue weighted by Gasteiger charge is -2.26. The number of hydrogen-bond donors (Lipinski definition) is 7. The second kappa shape index (κ2) is 11.3. The Labute approximate surface area is 167 Å². The van der Waals surface area contributed by atoms with Gasteiger partial charge in [-0.05, 0) is 25.3 Å². The fraction of sp³-hybridized carbons (Fsp3) is 0.706. The predicted octanol–water partition coefficient (Wildman–Crippen LogP) is -2.60. The molecule has 0 radical (unpaired) electrons. The fourth-order valence-electron chi connectivity index (χ4n) is 2.80. The summed E-state index contributed by atoms with van der Waals surface area (Å²) < 4.78 is 0. The van der Waals surface area contributed by atoms with Gasteiger partial charge in [0.15, 0.2) is 0 Å². The Balaban J connectivity index is 2.86. The quantitative estimate of drug-likeness (QED) is 0.189. The van der Waals surface area contributed by atoms with Crippen LogP contribution in [0.3, 0.4) is 0 Å². The molecular weight excluding hydrogens is 388 g/mol. The van der Waals surface area contributed by atoms with Crippen LogP contribution in [0.25, 0.3) is 0 Å². The summed E-state index contributed by atoms with van der Waals surface area (Å²) in [5.41, 5.74) is 0. The second-order valence-electron chi connectivity index (χ2n) is 7.12. The van der Waals surface area contributed by atoms with E-state index in [0.29, 0.717) is 13.0 Å². The summed E-state index contributed by atoms with van der Waals surface area (Å²) in [5.74, 6) is -5.50. The van der Waals surface area contributed by atoms with E-state index in [1.807, 2.05) is 5.32 Å². The lowest BCUT2D eigenvalue weighted by Crippen LogP contribution is -2.59. The minimum absolute atomic E-state index is 0.363. The predicted molar refractivity (Wildman–Crippen MR) is 98.6 cm³/mol. The van der Waals surface area contributed by atoms with Gasteiger partial charge in [0.2, 0.25) is 17.7 Å².